The fraction of sp³-hybridized carbons (Fsp3) is 0.296. The smallest absolute Gasteiger partial charge is 0.338 e. The molecule has 0 aromatic heterocycles. The normalized spacial score (nSPS) is 14.7. The average molecular weight is 430 g/mol. The van der Waals surface area contributed by atoms with Crippen LogP contribution in [0.2, 0.25) is 0 Å². The number of hydrogen-bond acceptors (Lipinski definition) is 5. The number of piperazine rings is 1. The van der Waals surface area contributed by atoms with E-state index in [-0.39, 0.29) is 18.1 Å². The number of nitrogens with zero attached hydrogens (tertiary/aromatic N) is 2. The Labute approximate surface area is 190 Å². The lowest BCUT2D eigenvalue weighted by Crippen LogP contribution is -2.48. The molecule has 0 spiro atoms. The third-order valence-corrected chi connectivity index (χ3v) is 5.86. The zero-order valence-electron chi connectivity index (χ0n) is 18.8. The Hall–Kier alpha value is -3.31. The van der Waals surface area contributed by atoms with Gasteiger partial charge < -0.3 is 15.4 Å². The molecule has 0 saturated carbocycles. The molecular weight excluding hydrogens is 398 g/mol. The van der Waals surface area contributed by atoms with E-state index in [1.54, 1.807) is 12.1 Å². The van der Waals surface area contributed by atoms with E-state index in [9.17, 15) is 4.79 Å². The van der Waals surface area contributed by atoms with Gasteiger partial charge in [0.2, 0.25) is 0 Å². The number of carbonyl (C=O) groups is 1. The highest BCUT2D eigenvalue weighted by Gasteiger charge is 2.27. The molecule has 32 heavy (non-hydrogen) atoms. The molecule has 166 valence electrons. The first-order valence-electron chi connectivity index (χ1n) is 11.2. The number of ether oxygens (including phenoxy) is 1. The summed E-state index contributed by atoms with van der Waals surface area (Å²) in [5, 5.41) is 0. The van der Waals surface area contributed by atoms with Crippen LogP contribution in [0.4, 0.5) is 11.4 Å². The Morgan fingerprint density at radius 2 is 1.41 bits per heavy atom. The molecule has 5 heteroatoms. The van der Waals surface area contributed by atoms with Crippen molar-refractivity contribution in [2.75, 3.05) is 36.8 Å². The second-order valence-electron chi connectivity index (χ2n) is 8.47. The van der Waals surface area contributed by atoms with Gasteiger partial charge in [-0.2, -0.15) is 0 Å². The Balaban J connectivity index is 1.49. The van der Waals surface area contributed by atoms with E-state index in [1.165, 1.54) is 11.1 Å². The molecule has 1 aliphatic heterocycles. The van der Waals surface area contributed by atoms with E-state index < -0.39 is 0 Å². The summed E-state index contributed by atoms with van der Waals surface area (Å²) >= 11 is 0. The van der Waals surface area contributed by atoms with Crippen LogP contribution in [0.1, 0.15) is 41.4 Å². The summed E-state index contributed by atoms with van der Waals surface area (Å²) in [6, 6.07) is 27.1. The summed E-state index contributed by atoms with van der Waals surface area (Å²) in [4.78, 5) is 17.0. The Kier molecular flexibility index (Phi) is 6.76. The van der Waals surface area contributed by atoms with Crippen molar-refractivity contribution >= 4 is 17.3 Å². The van der Waals surface area contributed by atoms with Gasteiger partial charge in [-0.3, -0.25) is 4.90 Å². The maximum Gasteiger partial charge on any atom is 0.338 e. The first kappa shape index (κ1) is 21.9. The minimum Gasteiger partial charge on any atom is -0.459 e. The summed E-state index contributed by atoms with van der Waals surface area (Å²) in [6.45, 7) is 7.27. The fourth-order valence-corrected chi connectivity index (χ4v) is 4.36. The molecule has 0 aliphatic carbocycles. The minimum atomic E-state index is -0.336. The predicted octanol–water partition coefficient (Wildman–Crippen LogP) is 4.75. The van der Waals surface area contributed by atoms with Crippen LogP contribution in [0.25, 0.3) is 0 Å². The van der Waals surface area contributed by atoms with Gasteiger partial charge in [0.05, 0.1) is 29.1 Å². The third kappa shape index (κ3) is 4.94. The van der Waals surface area contributed by atoms with Crippen molar-refractivity contribution < 1.29 is 9.53 Å². The van der Waals surface area contributed by atoms with Crippen molar-refractivity contribution in [3.63, 3.8) is 0 Å². The van der Waals surface area contributed by atoms with E-state index in [2.05, 4.69) is 70.5 Å². The summed E-state index contributed by atoms with van der Waals surface area (Å²) in [5.41, 5.74) is 11.0. The van der Waals surface area contributed by atoms with Crippen molar-refractivity contribution in [2.45, 2.75) is 26.0 Å². The van der Waals surface area contributed by atoms with Gasteiger partial charge in [0, 0.05) is 26.2 Å². The Morgan fingerprint density at radius 3 is 1.91 bits per heavy atom. The topological polar surface area (TPSA) is 58.8 Å². The van der Waals surface area contributed by atoms with Crippen molar-refractivity contribution in [1.29, 1.82) is 0 Å². The quantitative estimate of drug-likeness (QED) is 0.453. The third-order valence-electron chi connectivity index (χ3n) is 5.86. The predicted molar refractivity (Wildman–Crippen MR) is 130 cm³/mol. The zero-order chi connectivity index (χ0) is 22.5. The highest BCUT2D eigenvalue weighted by atomic mass is 16.5. The van der Waals surface area contributed by atoms with E-state index in [0.717, 1.165) is 31.9 Å². The minimum absolute atomic E-state index is 0.154. The van der Waals surface area contributed by atoms with Crippen molar-refractivity contribution in [1.82, 2.24) is 4.90 Å². The van der Waals surface area contributed by atoms with Gasteiger partial charge in [-0.05, 0) is 43.2 Å². The molecule has 1 fully saturated rings. The average Bonchev–Trinajstić information content (AvgIpc) is 2.81. The Morgan fingerprint density at radius 1 is 0.844 bits per heavy atom. The van der Waals surface area contributed by atoms with Crippen LogP contribution in [0, 0.1) is 0 Å². The molecule has 3 aromatic rings. The van der Waals surface area contributed by atoms with Gasteiger partial charge >= 0.3 is 5.97 Å². The highest BCUT2D eigenvalue weighted by molar-refractivity contribution is 5.92. The van der Waals surface area contributed by atoms with Crippen molar-refractivity contribution in [2.24, 2.45) is 0 Å². The molecule has 1 saturated heterocycles. The Bertz CT molecular complexity index is 990. The summed E-state index contributed by atoms with van der Waals surface area (Å²) in [6.07, 6.45) is -0.154. The van der Waals surface area contributed by atoms with E-state index in [0.29, 0.717) is 11.3 Å². The van der Waals surface area contributed by atoms with Crippen molar-refractivity contribution in [3.8, 4) is 0 Å². The first-order valence-corrected chi connectivity index (χ1v) is 11.2. The number of carbonyl (C=O) groups excluding carboxylic acids is 1. The van der Waals surface area contributed by atoms with E-state index in [4.69, 9.17) is 10.5 Å². The number of rotatable bonds is 6. The van der Waals surface area contributed by atoms with Crippen LogP contribution < -0.4 is 10.6 Å². The molecule has 2 N–H and O–H groups in total. The SMILES string of the molecule is CC(C)OC(=O)c1ccc(N2CCN(C(c3ccccc3)c3ccccc3)CC2)c(N)c1. The number of benzene rings is 3. The van der Waals surface area contributed by atoms with Crippen LogP contribution in [0.5, 0.6) is 0 Å². The van der Waals surface area contributed by atoms with Crippen LogP contribution in [-0.4, -0.2) is 43.2 Å². The standard InChI is InChI=1S/C27H31N3O2/c1-20(2)32-27(31)23-13-14-25(24(28)19-23)29-15-17-30(18-16-29)26(21-9-5-3-6-10-21)22-11-7-4-8-12-22/h3-14,19-20,26H,15-18,28H2,1-2H3. The maximum atomic E-state index is 12.2. The van der Waals surface area contributed by atoms with E-state index >= 15 is 0 Å². The number of hydrogen-bond donors (Lipinski definition) is 1. The van der Waals surface area contributed by atoms with Gasteiger partial charge in [-0.1, -0.05) is 60.7 Å². The second kappa shape index (κ2) is 9.88. The number of esters is 1. The molecule has 5 nitrogen and oxygen atoms in total. The number of nitrogen functional groups attached to an aromatic ring is 1. The lowest BCUT2D eigenvalue weighted by Gasteiger charge is -2.41. The molecule has 1 heterocycles. The summed E-state index contributed by atoms with van der Waals surface area (Å²) in [5.74, 6) is -0.336. The van der Waals surface area contributed by atoms with Gasteiger partial charge in [0.1, 0.15) is 0 Å². The monoisotopic (exact) mass is 429 g/mol. The van der Waals surface area contributed by atoms with Gasteiger partial charge in [-0.25, -0.2) is 4.79 Å². The van der Waals surface area contributed by atoms with Crippen LogP contribution >= 0.6 is 0 Å². The summed E-state index contributed by atoms with van der Waals surface area (Å²) in [7, 11) is 0. The molecule has 1 aliphatic rings. The van der Waals surface area contributed by atoms with Crippen LogP contribution in [0.15, 0.2) is 78.9 Å². The van der Waals surface area contributed by atoms with Crippen LogP contribution in [-0.2, 0) is 4.74 Å². The maximum absolute atomic E-state index is 12.2. The van der Waals surface area contributed by atoms with Crippen molar-refractivity contribution in [3.05, 3.63) is 95.6 Å². The molecule has 0 atom stereocenters. The fourth-order valence-electron chi connectivity index (χ4n) is 4.36. The lowest BCUT2D eigenvalue weighted by atomic mass is 9.96. The zero-order valence-corrected chi connectivity index (χ0v) is 18.8. The largest absolute Gasteiger partial charge is 0.459 e. The molecule has 0 amide bonds. The molecule has 0 radical (unpaired) electrons. The molecule has 0 bridgehead atoms. The summed E-state index contributed by atoms with van der Waals surface area (Å²) < 4.78 is 5.29. The molecular formula is C27H31N3O2. The molecule has 4 rings (SSSR count). The van der Waals surface area contributed by atoms with E-state index in [1.807, 2.05) is 19.9 Å². The highest BCUT2D eigenvalue weighted by Crippen LogP contribution is 2.32. The van der Waals surface area contributed by atoms with Gasteiger partial charge in [0.25, 0.3) is 0 Å². The lowest BCUT2D eigenvalue weighted by molar-refractivity contribution is 0.0378. The second-order valence-corrected chi connectivity index (χ2v) is 8.47. The first-order chi connectivity index (χ1) is 15.5. The number of anilines is 2. The number of nitrogens with two attached hydrogens (primary N) is 1. The van der Waals surface area contributed by atoms with Crippen LogP contribution in [0.3, 0.4) is 0 Å². The molecule has 0 unspecified atom stereocenters. The molecule has 3 aromatic carbocycles. The van der Waals surface area contributed by atoms with Gasteiger partial charge in [-0.15, -0.1) is 0 Å². The van der Waals surface area contributed by atoms with Gasteiger partial charge in [0.15, 0.2) is 0 Å².